The molecule has 33 heavy (non-hydrogen) atoms. The van der Waals surface area contributed by atoms with Crippen LogP contribution in [0.4, 0.5) is 5.69 Å². The van der Waals surface area contributed by atoms with Gasteiger partial charge in [0.2, 0.25) is 5.91 Å². The van der Waals surface area contributed by atoms with Gasteiger partial charge in [-0.15, -0.1) is 0 Å². The summed E-state index contributed by atoms with van der Waals surface area (Å²) in [5.74, 6) is 0.429. The van der Waals surface area contributed by atoms with Crippen LogP contribution in [-0.4, -0.2) is 57.3 Å². The van der Waals surface area contributed by atoms with Crippen molar-refractivity contribution in [2.24, 2.45) is 0 Å². The first kappa shape index (κ1) is 25.0. The molecule has 178 valence electrons. The van der Waals surface area contributed by atoms with Gasteiger partial charge in [0.15, 0.2) is 0 Å². The Balaban J connectivity index is 1.57. The number of fused-ring (bicyclic) bond motifs is 1. The monoisotopic (exact) mass is 471 g/mol. The predicted octanol–water partition coefficient (Wildman–Crippen LogP) is 4.59. The molecule has 0 aliphatic carbocycles. The number of halogens is 1. The lowest BCUT2D eigenvalue weighted by Crippen LogP contribution is -2.38. The molecule has 0 unspecified atom stereocenters. The highest BCUT2D eigenvalue weighted by Gasteiger charge is 2.25. The Kier molecular flexibility index (Phi) is 9.51. The molecule has 1 aromatic heterocycles. The van der Waals surface area contributed by atoms with E-state index in [9.17, 15) is 9.59 Å². The molecule has 0 saturated carbocycles. The first-order valence-electron chi connectivity index (χ1n) is 11.8. The van der Waals surface area contributed by atoms with Gasteiger partial charge in [0.1, 0.15) is 11.5 Å². The fourth-order valence-electron chi connectivity index (χ4n) is 3.84. The summed E-state index contributed by atoms with van der Waals surface area (Å²) < 4.78 is 1.87. The Morgan fingerprint density at radius 1 is 1.15 bits per heavy atom. The summed E-state index contributed by atoms with van der Waals surface area (Å²) in [4.78, 5) is 34.0. The number of benzene rings is 1. The van der Waals surface area contributed by atoms with Crippen LogP contribution in [0.5, 0.6) is 0 Å². The molecule has 0 fully saturated rings. The molecule has 1 aromatic carbocycles. The summed E-state index contributed by atoms with van der Waals surface area (Å²) in [5.41, 5.74) is 1.03. The minimum Gasteiger partial charge on any atom is -0.330 e. The van der Waals surface area contributed by atoms with Gasteiger partial charge in [-0.05, 0) is 38.1 Å². The van der Waals surface area contributed by atoms with Crippen LogP contribution in [0.15, 0.2) is 42.6 Å². The Hall–Kier alpha value is -2.64. The second-order valence-corrected chi connectivity index (χ2v) is 8.72. The van der Waals surface area contributed by atoms with E-state index >= 15 is 0 Å². The van der Waals surface area contributed by atoms with Gasteiger partial charge in [0.25, 0.3) is 5.91 Å². The van der Waals surface area contributed by atoms with Crippen LogP contribution in [0.3, 0.4) is 0 Å². The first-order chi connectivity index (χ1) is 16.0. The van der Waals surface area contributed by atoms with Gasteiger partial charge < -0.3 is 14.8 Å². The molecule has 3 rings (SSSR count). The lowest BCUT2D eigenvalue weighted by molar-refractivity contribution is -0.127. The zero-order valence-corrected chi connectivity index (χ0v) is 20.4. The normalized spacial score (nSPS) is 13.5. The zero-order valence-electron chi connectivity index (χ0n) is 19.6. The zero-order chi connectivity index (χ0) is 23.6. The van der Waals surface area contributed by atoms with Gasteiger partial charge in [-0.25, -0.2) is 4.98 Å². The quantitative estimate of drug-likeness (QED) is 0.486. The maximum atomic E-state index is 12.7. The second kappa shape index (κ2) is 12.6. The van der Waals surface area contributed by atoms with Crippen molar-refractivity contribution in [3.8, 4) is 0 Å². The van der Waals surface area contributed by atoms with Crippen molar-refractivity contribution in [1.29, 1.82) is 0 Å². The number of nitrogens with zero attached hydrogens (tertiary/aromatic N) is 4. The molecule has 0 bridgehead atoms. The highest BCUT2D eigenvalue weighted by molar-refractivity contribution is 6.33. The van der Waals surface area contributed by atoms with Crippen molar-refractivity contribution in [3.05, 3.63) is 59.2 Å². The van der Waals surface area contributed by atoms with E-state index in [2.05, 4.69) is 29.0 Å². The molecule has 0 radical (unpaired) electrons. The molecule has 0 spiro atoms. The Labute approximate surface area is 201 Å². The largest absolute Gasteiger partial charge is 0.330 e. The van der Waals surface area contributed by atoms with E-state index in [4.69, 9.17) is 11.6 Å². The number of carbonyl (C=O) groups excluding carboxylic acids is 2. The molecule has 8 heteroatoms. The van der Waals surface area contributed by atoms with Gasteiger partial charge in [-0.3, -0.25) is 14.5 Å². The molecule has 0 atom stereocenters. The molecule has 7 nitrogen and oxygen atoms in total. The molecular weight excluding hydrogens is 438 g/mol. The van der Waals surface area contributed by atoms with E-state index in [1.165, 1.54) is 25.7 Å². The fraction of sp³-hybridized carbons (Fsp3) is 0.480. The van der Waals surface area contributed by atoms with E-state index in [1.807, 2.05) is 22.8 Å². The highest BCUT2D eigenvalue weighted by atomic mass is 35.5. The van der Waals surface area contributed by atoms with Gasteiger partial charge in [0.05, 0.1) is 23.5 Å². The molecule has 2 amide bonds. The van der Waals surface area contributed by atoms with Crippen LogP contribution in [0, 0.1) is 0 Å². The van der Waals surface area contributed by atoms with E-state index < -0.39 is 0 Å². The van der Waals surface area contributed by atoms with Crippen LogP contribution >= 0.6 is 11.6 Å². The second-order valence-electron chi connectivity index (χ2n) is 8.32. The third-order valence-electron chi connectivity index (χ3n) is 5.81. The Bertz CT molecular complexity index is 963. The first-order valence-corrected chi connectivity index (χ1v) is 12.2. The number of imidazole rings is 1. The van der Waals surface area contributed by atoms with Gasteiger partial charge in [-0.1, -0.05) is 56.5 Å². The standard InChI is InChI=1S/C25H34ClN5O2/c1-3-5-13-29(14-6-4-2)15-9-12-24(32)30-16-17-31-22(18-27-23(31)19-30)25(33)28-21-11-8-7-10-20(21)26/h7-12,18H,3-6,13-17,19H2,1-2H3,(H,28,33)/b12-9+. The van der Waals surface area contributed by atoms with Gasteiger partial charge >= 0.3 is 0 Å². The Morgan fingerprint density at radius 3 is 2.58 bits per heavy atom. The number of aromatic nitrogens is 2. The number of hydrogen-bond donors (Lipinski definition) is 1. The van der Waals surface area contributed by atoms with E-state index in [0.717, 1.165) is 19.6 Å². The van der Waals surface area contributed by atoms with E-state index in [-0.39, 0.29) is 11.8 Å². The van der Waals surface area contributed by atoms with Crippen molar-refractivity contribution in [3.63, 3.8) is 0 Å². The summed E-state index contributed by atoms with van der Waals surface area (Å²) in [6.45, 7) is 8.77. The number of hydrogen-bond acceptors (Lipinski definition) is 4. The van der Waals surface area contributed by atoms with Crippen LogP contribution in [0.2, 0.25) is 5.02 Å². The topological polar surface area (TPSA) is 70.5 Å². The maximum Gasteiger partial charge on any atom is 0.273 e. The van der Waals surface area contributed by atoms with Crippen LogP contribution < -0.4 is 5.32 Å². The van der Waals surface area contributed by atoms with Crippen molar-refractivity contribution >= 4 is 29.1 Å². The number of carbonyl (C=O) groups is 2. The number of para-hydroxylation sites is 1. The lowest BCUT2D eigenvalue weighted by Gasteiger charge is -2.27. The smallest absolute Gasteiger partial charge is 0.273 e. The summed E-state index contributed by atoms with van der Waals surface area (Å²) in [6, 6.07) is 7.11. The number of unbranched alkanes of at least 4 members (excludes halogenated alkanes) is 2. The molecule has 2 aromatic rings. The van der Waals surface area contributed by atoms with Crippen molar-refractivity contribution in [2.45, 2.75) is 52.6 Å². The minimum absolute atomic E-state index is 0.0164. The molecule has 1 aliphatic heterocycles. The van der Waals surface area contributed by atoms with Crippen LogP contribution in [0.25, 0.3) is 0 Å². The third kappa shape index (κ3) is 6.92. The molecule has 0 saturated heterocycles. The van der Waals surface area contributed by atoms with Gasteiger partial charge in [-0.2, -0.15) is 0 Å². The third-order valence-corrected chi connectivity index (χ3v) is 6.14. The van der Waals surface area contributed by atoms with Crippen LogP contribution in [-0.2, 0) is 17.9 Å². The predicted molar refractivity (Wildman–Crippen MR) is 132 cm³/mol. The Morgan fingerprint density at radius 2 is 1.88 bits per heavy atom. The lowest BCUT2D eigenvalue weighted by atomic mass is 10.2. The van der Waals surface area contributed by atoms with Crippen LogP contribution in [0.1, 0.15) is 55.8 Å². The van der Waals surface area contributed by atoms with Crippen molar-refractivity contribution in [2.75, 3.05) is 31.5 Å². The summed E-state index contributed by atoms with van der Waals surface area (Å²) in [6.07, 6.45) is 9.89. The van der Waals surface area contributed by atoms with Gasteiger partial charge in [0, 0.05) is 25.7 Å². The number of amides is 2. The van der Waals surface area contributed by atoms with E-state index in [0.29, 0.717) is 41.9 Å². The van der Waals surface area contributed by atoms with Crippen molar-refractivity contribution in [1.82, 2.24) is 19.4 Å². The average Bonchev–Trinajstić information content (AvgIpc) is 3.25. The molecular formula is C25H34ClN5O2. The average molecular weight is 472 g/mol. The fourth-order valence-corrected chi connectivity index (χ4v) is 4.03. The number of nitrogens with one attached hydrogen (secondary N) is 1. The summed E-state index contributed by atoms with van der Waals surface area (Å²) in [5, 5.41) is 3.32. The number of anilines is 1. The molecule has 1 N–H and O–H groups in total. The van der Waals surface area contributed by atoms with E-state index in [1.54, 1.807) is 29.3 Å². The summed E-state index contributed by atoms with van der Waals surface area (Å²) >= 11 is 6.15. The molecule has 2 heterocycles. The minimum atomic E-state index is -0.263. The highest BCUT2D eigenvalue weighted by Crippen LogP contribution is 2.22. The summed E-state index contributed by atoms with van der Waals surface area (Å²) in [7, 11) is 0. The number of rotatable bonds is 11. The SMILES string of the molecule is CCCCN(C/C=C/C(=O)N1CCn2c(C(=O)Nc3ccccc3Cl)cnc2C1)CCCC. The van der Waals surface area contributed by atoms with Crippen molar-refractivity contribution < 1.29 is 9.59 Å². The maximum absolute atomic E-state index is 12.7. The molecule has 1 aliphatic rings.